The molecule has 0 radical (unpaired) electrons. The Morgan fingerprint density at radius 1 is 0.900 bits per heavy atom. The number of fused-ring (bicyclic) bond motifs is 1. The average molecular weight is 402 g/mol. The first-order chi connectivity index (χ1) is 14.4. The predicted octanol–water partition coefficient (Wildman–Crippen LogP) is 4.72. The van der Waals surface area contributed by atoms with Gasteiger partial charge in [0.25, 0.3) is 0 Å². The summed E-state index contributed by atoms with van der Waals surface area (Å²) in [5.74, 6) is -0.691. The molecule has 2 N–H and O–H groups in total. The van der Waals surface area contributed by atoms with Crippen molar-refractivity contribution < 1.29 is 14.0 Å². The summed E-state index contributed by atoms with van der Waals surface area (Å²) in [7, 11) is 0. The molecule has 6 nitrogen and oxygen atoms in total. The maximum absolute atomic E-state index is 13.4. The molecule has 0 atom stereocenters. The van der Waals surface area contributed by atoms with Crippen molar-refractivity contribution in [1.82, 2.24) is 9.38 Å². The molecule has 0 aliphatic carbocycles. The number of imidazole rings is 1. The number of carbonyl (C=O) groups is 2. The Balaban J connectivity index is 1.90. The van der Waals surface area contributed by atoms with Gasteiger partial charge >= 0.3 is 0 Å². The first-order valence-corrected chi connectivity index (χ1v) is 9.33. The van der Waals surface area contributed by atoms with Crippen LogP contribution >= 0.6 is 0 Å². The fourth-order valence-corrected chi connectivity index (χ4v) is 3.34. The molecular weight excluding hydrogens is 383 g/mol. The van der Waals surface area contributed by atoms with Crippen LogP contribution in [0.5, 0.6) is 0 Å². The molecule has 2 heterocycles. The van der Waals surface area contributed by atoms with Crippen molar-refractivity contribution in [3.8, 4) is 22.4 Å². The number of halogens is 1. The van der Waals surface area contributed by atoms with Crippen molar-refractivity contribution in [3.63, 3.8) is 0 Å². The van der Waals surface area contributed by atoms with Gasteiger partial charge in [-0.1, -0.05) is 12.1 Å². The summed E-state index contributed by atoms with van der Waals surface area (Å²) in [6.07, 6.45) is 3.59. The van der Waals surface area contributed by atoms with Crippen molar-refractivity contribution in [1.29, 1.82) is 0 Å². The molecule has 30 heavy (non-hydrogen) atoms. The fraction of sp³-hybridized carbons (Fsp3) is 0.0870. The van der Waals surface area contributed by atoms with Gasteiger partial charge in [0.05, 0.1) is 17.6 Å². The van der Waals surface area contributed by atoms with Gasteiger partial charge in [0.2, 0.25) is 11.8 Å². The number of amides is 2. The summed E-state index contributed by atoms with van der Waals surface area (Å²) in [6, 6.07) is 15.4. The number of benzene rings is 2. The van der Waals surface area contributed by atoms with Crippen LogP contribution in [0.25, 0.3) is 28.0 Å². The first-order valence-electron chi connectivity index (χ1n) is 9.33. The molecule has 0 aliphatic heterocycles. The Morgan fingerprint density at radius 3 is 2.33 bits per heavy atom. The molecule has 4 rings (SSSR count). The highest BCUT2D eigenvalue weighted by atomic mass is 19.1. The molecule has 150 valence electrons. The van der Waals surface area contributed by atoms with Crippen molar-refractivity contribution >= 4 is 28.8 Å². The highest BCUT2D eigenvalue weighted by Crippen LogP contribution is 2.31. The zero-order chi connectivity index (χ0) is 21.3. The monoisotopic (exact) mass is 402 g/mol. The maximum Gasteiger partial charge on any atom is 0.221 e. The smallest absolute Gasteiger partial charge is 0.221 e. The largest absolute Gasteiger partial charge is 0.326 e. The van der Waals surface area contributed by atoms with Gasteiger partial charge in [0.15, 0.2) is 5.65 Å². The lowest BCUT2D eigenvalue weighted by atomic mass is 10.1. The van der Waals surface area contributed by atoms with Gasteiger partial charge < -0.3 is 10.6 Å². The standard InChI is InChI=1S/C23H19FN4O2/c1-14(29)26-20-5-3-4-17(10-20)18-11-21(27-15(2)30)23-25-12-22(28(23)13-18)16-6-8-19(24)9-7-16/h3-13H,1-2H3,(H,26,29)(H,27,30). The highest BCUT2D eigenvalue weighted by molar-refractivity contribution is 5.95. The Morgan fingerprint density at radius 2 is 1.63 bits per heavy atom. The second-order valence-electron chi connectivity index (χ2n) is 6.93. The molecule has 2 aromatic heterocycles. The molecule has 0 spiro atoms. The Labute approximate surface area is 172 Å². The molecule has 7 heteroatoms. The van der Waals surface area contributed by atoms with E-state index < -0.39 is 0 Å². The van der Waals surface area contributed by atoms with Crippen molar-refractivity contribution in [2.45, 2.75) is 13.8 Å². The molecule has 2 aromatic carbocycles. The Kier molecular flexibility index (Phi) is 5.02. The lowest BCUT2D eigenvalue weighted by Crippen LogP contribution is -2.08. The molecule has 2 amide bonds. The van der Waals surface area contributed by atoms with E-state index in [1.165, 1.54) is 26.0 Å². The van der Waals surface area contributed by atoms with Crippen LogP contribution in [0.3, 0.4) is 0 Å². The van der Waals surface area contributed by atoms with Gasteiger partial charge in [-0.2, -0.15) is 0 Å². The zero-order valence-corrected chi connectivity index (χ0v) is 16.4. The van der Waals surface area contributed by atoms with Crippen LogP contribution in [0.2, 0.25) is 0 Å². The number of aromatic nitrogens is 2. The van der Waals surface area contributed by atoms with Gasteiger partial charge in [-0.15, -0.1) is 0 Å². The third-order valence-electron chi connectivity index (χ3n) is 4.57. The number of nitrogens with one attached hydrogen (secondary N) is 2. The predicted molar refractivity (Wildman–Crippen MR) is 115 cm³/mol. The summed E-state index contributed by atoms with van der Waals surface area (Å²) in [4.78, 5) is 27.6. The molecule has 0 saturated heterocycles. The SMILES string of the molecule is CC(=O)Nc1cccc(-c2cc(NC(C)=O)c3ncc(-c4ccc(F)cc4)n3c2)c1. The van der Waals surface area contributed by atoms with E-state index in [0.29, 0.717) is 17.0 Å². The molecule has 0 unspecified atom stereocenters. The lowest BCUT2D eigenvalue weighted by molar-refractivity contribution is -0.115. The summed E-state index contributed by atoms with van der Waals surface area (Å²) in [6.45, 7) is 2.89. The van der Waals surface area contributed by atoms with E-state index in [-0.39, 0.29) is 17.6 Å². The molecule has 0 fully saturated rings. The van der Waals surface area contributed by atoms with E-state index in [2.05, 4.69) is 15.6 Å². The summed E-state index contributed by atoms with van der Waals surface area (Å²) in [5, 5.41) is 5.60. The minimum absolute atomic E-state index is 0.158. The fourth-order valence-electron chi connectivity index (χ4n) is 3.34. The first kappa shape index (κ1) is 19.3. The van der Waals surface area contributed by atoms with E-state index >= 15 is 0 Å². The molecule has 0 saturated carbocycles. The average Bonchev–Trinajstić information content (AvgIpc) is 3.12. The highest BCUT2D eigenvalue weighted by Gasteiger charge is 2.14. The Bertz CT molecular complexity index is 1260. The number of pyridine rings is 1. The van der Waals surface area contributed by atoms with Crippen LogP contribution in [0, 0.1) is 5.82 Å². The van der Waals surface area contributed by atoms with E-state index in [4.69, 9.17) is 0 Å². The van der Waals surface area contributed by atoms with E-state index in [1.54, 1.807) is 24.4 Å². The number of carbonyl (C=O) groups excluding carboxylic acids is 2. The third kappa shape index (κ3) is 3.91. The summed E-state index contributed by atoms with van der Waals surface area (Å²) < 4.78 is 15.2. The van der Waals surface area contributed by atoms with E-state index in [1.807, 2.05) is 34.9 Å². The number of rotatable bonds is 4. The maximum atomic E-state index is 13.4. The lowest BCUT2D eigenvalue weighted by Gasteiger charge is -2.12. The second kappa shape index (κ2) is 7.79. The van der Waals surface area contributed by atoms with Crippen molar-refractivity contribution in [2.75, 3.05) is 10.6 Å². The zero-order valence-electron chi connectivity index (χ0n) is 16.4. The quantitative estimate of drug-likeness (QED) is 0.518. The number of nitrogens with zero attached hydrogens (tertiary/aromatic N) is 2. The van der Waals surface area contributed by atoms with Gasteiger partial charge in [-0.05, 0) is 48.0 Å². The van der Waals surface area contributed by atoms with Crippen molar-refractivity contribution in [3.05, 3.63) is 72.8 Å². The van der Waals surface area contributed by atoms with Crippen LogP contribution in [0.15, 0.2) is 67.0 Å². The Hall–Kier alpha value is -4.00. The summed E-state index contributed by atoms with van der Waals surface area (Å²) >= 11 is 0. The van der Waals surface area contributed by atoms with Crippen LogP contribution in [-0.4, -0.2) is 21.2 Å². The molecular formula is C23H19FN4O2. The topological polar surface area (TPSA) is 75.5 Å². The molecule has 0 bridgehead atoms. The number of hydrogen-bond acceptors (Lipinski definition) is 3. The third-order valence-corrected chi connectivity index (χ3v) is 4.57. The number of hydrogen-bond donors (Lipinski definition) is 2. The molecule has 0 aliphatic rings. The van der Waals surface area contributed by atoms with E-state index in [9.17, 15) is 14.0 Å². The minimum Gasteiger partial charge on any atom is -0.326 e. The van der Waals surface area contributed by atoms with Crippen LogP contribution in [-0.2, 0) is 9.59 Å². The van der Waals surface area contributed by atoms with Gasteiger partial charge in [0.1, 0.15) is 5.82 Å². The van der Waals surface area contributed by atoms with Gasteiger partial charge in [-0.25, -0.2) is 9.37 Å². The van der Waals surface area contributed by atoms with Crippen LogP contribution in [0.4, 0.5) is 15.8 Å². The molecule has 4 aromatic rings. The van der Waals surface area contributed by atoms with Gasteiger partial charge in [-0.3, -0.25) is 14.0 Å². The second-order valence-corrected chi connectivity index (χ2v) is 6.93. The van der Waals surface area contributed by atoms with Crippen LogP contribution < -0.4 is 10.6 Å². The normalized spacial score (nSPS) is 10.8. The van der Waals surface area contributed by atoms with Crippen molar-refractivity contribution in [2.24, 2.45) is 0 Å². The minimum atomic E-state index is -0.318. The van der Waals surface area contributed by atoms with E-state index in [0.717, 1.165) is 22.4 Å². The van der Waals surface area contributed by atoms with Crippen LogP contribution in [0.1, 0.15) is 13.8 Å². The number of anilines is 2. The summed E-state index contributed by atoms with van der Waals surface area (Å²) in [5.41, 5.74) is 5.03. The van der Waals surface area contributed by atoms with Gasteiger partial charge in [0, 0.05) is 36.9 Å².